The van der Waals surface area contributed by atoms with Gasteiger partial charge in [0.05, 0.1) is 67.8 Å². The van der Waals surface area contributed by atoms with Crippen LogP contribution in [-0.2, 0) is 0 Å². The molecule has 0 aliphatic rings. The van der Waals surface area contributed by atoms with Gasteiger partial charge in [0.2, 0.25) is 0 Å². The molecule has 9 nitrogen and oxygen atoms in total. The summed E-state index contributed by atoms with van der Waals surface area (Å²) in [5.74, 6) is 2.06. The lowest BCUT2D eigenvalue weighted by Crippen LogP contribution is -1.97. The van der Waals surface area contributed by atoms with Crippen LogP contribution in [0.15, 0.2) is 528 Å². The van der Waals surface area contributed by atoms with E-state index in [4.69, 9.17) is 44.9 Å². The minimum absolute atomic E-state index is 0.680. The topological polar surface area (TPSA) is 116 Å². The molecular weight excluding hydrogens is 1820 g/mol. The highest BCUT2D eigenvalue weighted by atomic mass is 14.9. The minimum atomic E-state index is 0.680. The van der Waals surface area contributed by atoms with Crippen LogP contribution in [0, 0.1) is 0 Å². The van der Waals surface area contributed by atoms with E-state index < -0.39 is 0 Å². The van der Waals surface area contributed by atoms with Gasteiger partial charge in [0, 0.05) is 131 Å². The first-order chi connectivity index (χ1) is 74.4. The standard InChI is InChI=1S/3C47H29N3/c1-3-15-31(16-4-1)41-29-42(32-17-5-2-6-18-32)49-47(48-41)34-20-13-19-33(28-34)45-40-27-26-30-14-7-8-21-35(30)43(40)44-38-24-11-9-22-36(38)37-23-10-12-25-39(37)46(44)50-45;1-3-14-31(15-4-1)41-29-42(32-16-5-2-6-17-32)49-47(48-41)34-25-23-33(24-26-34)45-40-22-12-10-20-37(40)44-43-35-18-8-7-13-30(35)27-28-38(43)36-19-9-11-21-39(36)46(44)50-45;1-3-14-31(15-4-1)41-29-42(32-16-5-2-6-17-32)49-47(48-41)34-25-23-33(24-26-34)45-40-28-27-30-13-7-8-18-35(30)43(40)44-38-21-11-9-19-36(38)37-20-10-12-22-39(37)46(44)50-45/h3*1-29H. The Morgan fingerprint density at radius 3 is 0.633 bits per heavy atom. The van der Waals surface area contributed by atoms with Crippen LogP contribution in [-0.4, -0.2) is 44.9 Å². The zero-order chi connectivity index (χ0) is 99.1. The second-order valence-corrected chi connectivity index (χ2v) is 38.3. The summed E-state index contributed by atoms with van der Waals surface area (Å²) in [6.07, 6.45) is 0. The first kappa shape index (κ1) is 87.6. The Balaban J connectivity index is 0.000000108. The van der Waals surface area contributed by atoms with Crippen molar-refractivity contribution in [3.63, 3.8) is 0 Å². The second kappa shape index (κ2) is 37.2. The van der Waals surface area contributed by atoms with Crippen molar-refractivity contribution >= 4 is 162 Å². The zero-order valence-electron chi connectivity index (χ0n) is 81.3. The summed E-state index contributed by atoms with van der Waals surface area (Å²) in [7, 11) is 0. The van der Waals surface area contributed by atoms with Crippen molar-refractivity contribution in [3.8, 4) is 135 Å². The third-order valence-corrected chi connectivity index (χ3v) is 29.5. The van der Waals surface area contributed by atoms with Gasteiger partial charge in [-0.05, 0) is 105 Å². The van der Waals surface area contributed by atoms with Gasteiger partial charge in [0.1, 0.15) is 0 Å². The van der Waals surface area contributed by atoms with Crippen LogP contribution in [0.25, 0.3) is 297 Å². The summed E-state index contributed by atoms with van der Waals surface area (Å²) in [5, 5.41) is 32.6. The van der Waals surface area contributed by atoms with Gasteiger partial charge in [0.15, 0.2) is 17.5 Å². The fraction of sp³-hybridized carbons (Fsp3) is 0. The average Bonchev–Trinajstić information content (AvgIpc) is 0.715. The van der Waals surface area contributed by atoms with Crippen molar-refractivity contribution in [1.29, 1.82) is 0 Å². The summed E-state index contributed by atoms with van der Waals surface area (Å²) >= 11 is 0. The number of hydrogen-bond donors (Lipinski definition) is 0. The van der Waals surface area contributed by atoms with E-state index in [2.05, 4.69) is 419 Å². The molecule has 30 rings (SSSR count). The first-order valence-corrected chi connectivity index (χ1v) is 50.9. The molecule has 0 atom stereocenters. The normalized spacial score (nSPS) is 11.6. The van der Waals surface area contributed by atoms with Crippen molar-refractivity contribution in [2.24, 2.45) is 0 Å². The fourth-order valence-electron chi connectivity index (χ4n) is 22.5. The van der Waals surface area contributed by atoms with Gasteiger partial charge >= 0.3 is 0 Å². The SMILES string of the molecule is c1ccc(-c2cc(-c3ccccc3)nc(-c3ccc(-c4nc5c6ccccc6c6ccc7ccccc7c6c5c5ccccc45)cc3)n2)cc1.c1ccc(-c2cc(-c3ccccc3)nc(-c3ccc(-c4nc5c6ccccc6c6ccccc6c5c5c4ccc4ccccc45)cc3)n2)cc1.c1ccc(-c2cc(-c3ccccc3)nc(-c3cccc(-c4nc5c6ccccc6c6ccccc6c5c5c4ccc4ccccc45)c3)n2)cc1. The molecule has 0 fully saturated rings. The molecule has 696 valence electrons. The smallest absolute Gasteiger partial charge is 0.160 e. The predicted molar refractivity (Wildman–Crippen MR) is 627 cm³/mol. The van der Waals surface area contributed by atoms with Crippen LogP contribution in [0.1, 0.15) is 0 Å². The molecule has 0 bridgehead atoms. The van der Waals surface area contributed by atoms with Gasteiger partial charge in [-0.1, -0.05) is 504 Å². The zero-order valence-corrected chi connectivity index (χ0v) is 81.3. The Bertz CT molecular complexity index is 10400. The van der Waals surface area contributed by atoms with Crippen LogP contribution < -0.4 is 0 Å². The maximum Gasteiger partial charge on any atom is 0.160 e. The number of pyridine rings is 3. The van der Waals surface area contributed by atoms with Crippen LogP contribution in [0.3, 0.4) is 0 Å². The van der Waals surface area contributed by atoms with Gasteiger partial charge < -0.3 is 0 Å². The van der Waals surface area contributed by atoms with E-state index in [9.17, 15) is 0 Å². The van der Waals surface area contributed by atoms with E-state index in [1.165, 1.54) is 113 Å². The molecule has 0 aliphatic heterocycles. The van der Waals surface area contributed by atoms with E-state index in [0.29, 0.717) is 17.5 Å². The number of hydrogen-bond acceptors (Lipinski definition) is 9. The van der Waals surface area contributed by atoms with Crippen molar-refractivity contribution < 1.29 is 0 Å². The number of nitrogens with zero attached hydrogens (tertiary/aromatic N) is 9. The molecule has 0 saturated heterocycles. The van der Waals surface area contributed by atoms with Gasteiger partial charge in [-0.3, -0.25) is 0 Å². The lowest BCUT2D eigenvalue weighted by atomic mass is 9.90. The molecule has 0 unspecified atom stereocenters. The maximum absolute atomic E-state index is 5.58. The monoisotopic (exact) mass is 1910 g/mol. The third-order valence-electron chi connectivity index (χ3n) is 29.5. The minimum Gasteiger partial charge on any atom is -0.246 e. The van der Waals surface area contributed by atoms with Gasteiger partial charge in [-0.2, -0.15) is 0 Å². The highest BCUT2D eigenvalue weighted by Crippen LogP contribution is 2.50. The van der Waals surface area contributed by atoms with Gasteiger partial charge in [-0.25, -0.2) is 44.9 Å². The highest BCUT2D eigenvalue weighted by molar-refractivity contribution is 6.39. The lowest BCUT2D eigenvalue weighted by molar-refractivity contribution is 1.18. The van der Waals surface area contributed by atoms with Crippen molar-refractivity contribution in [3.05, 3.63) is 528 Å². The van der Waals surface area contributed by atoms with E-state index >= 15 is 0 Å². The Morgan fingerprint density at radius 2 is 0.307 bits per heavy atom. The fourth-order valence-corrected chi connectivity index (χ4v) is 22.5. The van der Waals surface area contributed by atoms with Crippen LogP contribution in [0.5, 0.6) is 0 Å². The molecule has 0 radical (unpaired) electrons. The van der Waals surface area contributed by atoms with Crippen LogP contribution in [0.2, 0.25) is 0 Å². The van der Waals surface area contributed by atoms with E-state index in [-0.39, 0.29) is 0 Å². The second-order valence-electron chi connectivity index (χ2n) is 38.3. The average molecular weight is 1910 g/mol. The summed E-state index contributed by atoms with van der Waals surface area (Å²) < 4.78 is 0. The molecule has 6 heterocycles. The predicted octanol–water partition coefficient (Wildman–Crippen LogP) is 36.9. The summed E-state index contributed by atoms with van der Waals surface area (Å²) in [6.45, 7) is 0. The molecule has 0 aliphatic carbocycles. The Hall–Kier alpha value is -20.1. The molecule has 0 saturated carbocycles. The Labute approximate surface area is 863 Å². The first-order valence-electron chi connectivity index (χ1n) is 50.9. The summed E-state index contributed by atoms with van der Waals surface area (Å²) in [4.78, 5) is 47.2. The molecule has 0 N–H and O–H groups in total. The number of benzene rings is 24. The summed E-state index contributed by atoms with van der Waals surface area (Å²) in [5.41, 5.74) is 23.6. The van der Waals surface area contributed by atoms with E-state index in [1.807, 2.05) is 109 Å². The van der Waals surface area contributed by atoms with Gasteiger partial charge in [-0.15, -0.1) is 0 Å². The molecule has 0 spiro atoms. The quantitative estimate of drug-likeness (QED) is 0.110. The molecule has 150 heavy (non-hydrogen) atoms. The van der Waals surface area contributed by atoms with E-state index in [1.54, 1.807) is 0 Å². The summed E-state index contributed by atoms with van der Waals surface area (Å²) in [6, 6.07) is 186. The Morgan fingerprint density at radius 1 is 0.100 bits per heavy atom. The molecule has 0 amide bonds. The molecule has 30 aromatic rings. The number of fused-ring (bicyclic) bond motifs is 30. The number of rotatable bonds is 12. The third kappa shape index (κ3) is 15.5. The van der Waals surface area contributed by atoms with Crippen molar-refractivity contribution in [1.82, 2.24) is 44.9 Å². The lowest BCUT2D eigenvalue weighted by Gasteiger charge is -2.17. The van der Waals surface area contributed by atoms with Crippen LogP contribution in [0.4, 0.5) is 0 Å². The van der Waals surface area contributed by atoms with E-state index in [0.717, 1.165) is 167 Å². The molecule has 6 aromatic heterocycles. The van der Waals surface area contributed by atoms with Crippen molar-refractivity contribution in [2.75, 3.05) is 0 Å². The Kier molecular flexibility index (Phi) is 21.8. The largest absolute Gasteiger partial charge is 0.246 e. The van der Waals surface area contributed by atoms with Crippen LogP contribution >= 0.6 is 0 Å². The molecular formula is C141H87N9. The van der Waals surface area contributed by atoms with Crippen molar-refractivity contribution in [2.45, 2.75) is 0 Å². The molecule has 24 aromatic carbocycles. The van der Waals surface area contributed by atoms with Gasteiger partial charge in [0.25, 0.3) is 0 Å². The number of aromatic nitrogens is 9. The molecule has 9 heteroatoms. The maximum atomic E-state index is 5.58. The highest BCUT2D eigenvalue weighted by Gasteiger charge is 2.26.